The van der Waals surface area contributed by atoms with Gasteiger partial charge in [-0.15, -0.1) is 0 Å². The Morgan fingerprint density at radius 3 is 2.60 bits per heavy atom. The quantitative estimate of drug-likeness (QED) is 0.758. The van der Waals surface area contributed by atoms with Gasteiger partial charge in [0, 0.05) is 17.4 Å². The molecule has 6 heteroatoms. The van der Waals surface area contributed by atoms with Crippen LogP contribution in [0.1, 0.15) is 10.4 Å². The Labute approximate surface area is 121 Å². The number of carbonyl (C=O) groups is 1. The molecule has 0 aliphatic carbocycles. The number of nitrogens with two attached hydrogens (primary N) is 2. The van der Waals surface area contributed by atoms with Crippen LogP contribution < -0.4 is 21.5 Å². The van der Waals surface area contributed by atoms with Gasteiger partial charge in [0.2, 0.25) is 0 Å². The molecule has 20 heavy (non-hydrogen) atoms. The van der Waals surface area contributed by atoms with Gasteiger partial charge in [-0.25, -0.2) is 0 Å². The average Bonchev–Trinajstić information content (AvgIpc) is 2.41. The number of benzene rings is 2. The van der Waals surface area contributed by atoms with Crippen molar-refractivity contribution < 1.29 is 9.53 Å². The van der Waals surface area contributed by atoms with Crippen molar-refractivity contribution in [3.05, 3.63) is 47.0 Å². The van der Waals surface area contributed by atoms with Gasteiger partial charge >= 0.3 is 0 Å². The molecule has 0 saturated carbocycles. The molecule has 2 aromatic rings. The summed E-state index contributed by atoms with van der Waals surface area (Å²) >= 11 is 6.03. The molecule has 2 rings (SSSR count). The number of halogens is 1. The molecule has 104 valence electrons. The van der Waals surface area contributed by atoms with Gasteiger partial charge in [0.25, 0.3) is 5.91 Å². The number of anilines is 3. The second-order valence-electron chi connectivity index (χ2n) is 4.15. The summed E-state index contributed by atoms with van der Waals surface area (Å²) in [5, 5.41) is 3.10. The molecule has 5 nitrogen and oxygen atoms in total. The van der Waals surface area contributed by atoms with Gasteiger partial charge in [0.1, 0.15) is 5.75 Å². The first-order valence-electron chi connectivity index (χ1n) is 5.81. The molecule has 0 fully saturated rings. The first-order valence-corrected chi connectivity index (χ1v) is 6.19. The van der Waals surface area contributed by atoms with Crippen molar-refractivity contribution >= 4 is 34.6 Å². The predicted octanol–water partition coefficient (Wildman–Crippen LogP) is 2.77. The van der Waals surface area contributed by atoms with Gasteiger partial charge in [0.05, 0.1) is 23.4 Å². The number of hydrogen-bond donors (Lipinski definition) is 3. The topological polar surface area (TPSA) is 90.4 Å². The van der Waals surface area contributed by atoms with Crippen molar-refractivity contribution in [2.24, 2.45) is 0 Å². The lowest BCUT2D eigenvalue weighted by molar-refractivity contribution is 0.102. The molecule has 0 spiro atoms. The normalized spacial score (nSPS) is 10.1. The number of ether oxygens (including phenoxy) is 1. The van der Waals surface area contributed by atoms with E-state index in [1.54, 1.807) is 30.3 Å². The monoisotopic (exact) mass is 291 g/mol. The van der Waals surface area contributed by atoms with Crippen LogP contribution >= 0.6 is 11.6 Å². The van der Waals surface area contributed by atoms with Gasteiger partial charge in [0.15, 0.2) is 0 Å². The summed E-state index contributed by atoms with van der Waals surface area (Å²) < 4.78 is 5.09. The molecule has 1 amide bonds. The van der Waals surface area contributed by atoms with Crippen molar-refractivity contribution in [1.82, 2.24) is 0 Å². The number of methoxy groups -OCH3 is 1. The Hall–Kier alpha value is -2.40. The minimum absolute atomic E-state index is 0.307. The highest BCUT2D eigenvalue weighted by atomic mass is 35.5. The zero-order valence-electron chi connectivity index (χ0n) is 10.8. The maximum absolute atomic E-state index is 12.2. The third-order valence-corrected chi connectivity index (χ3v) is 3.07. The summed E-state index contributed by atoms with van der Waals surface area (Å²) in [6, 6.07) is 9.68. The Bertz CT molecular complexity index is 659. The van der Waals surface area contributed by atoms with E-state index >= 15 is 0 Å². The molecule has 2 aromatic carbocycles. The highest BCUT2D eigenvalue weighted by molar-refractivity contribution is 6.34. The molecule has 0 aromatic heterocycles. The predicted molar refractivity (Wildman–Crippen MR) is 81.2 cm³/mol. The van der Waals surface area contributed by atoms with E-state index in [0.29, 0.717) is 33.4 Å². The molecule has 0 heterocycles. The molecule has 0 unspecified atom stereocenters. The largest absolute Gasteiger partial charge is 0.497 e. The molecule has 0 aliphatic rings. The first kappa shape index (κ1) is 14.0. The van der Waals surface area contributed by atoms with Crippen LogP contribution in [0, 0.1) is 0 Å². The minimum atomic E-state index is -0.363. The molecule has 0 aliphatic heterocycles. The second-order valence-corrected chi connectivity index (χ2v) is 4.55. The molecular formula is C14H14ClN3O2. The number of rotatable bonds is 3. The summed E-state index contributed by atoms with van der Waals surface area (Å²) in [4.78, 5) is 12.2. The number of nitrogens with one attached hydrogen (secondary N) is 1. The maximum atomic E-state index is 12.2. The van der Waals surface area contributed by atoms with Gasteiger partial charge < -0.3 is 21.5 Å². The molecule has 0 atom stereocenters. The Kier molecular flexibility index (Phi) is 4.00. The minimum Gasteiger partial charge on any atom is -0.497 e. The summed E-state index contributed by atoms with van der Waals surface area (Å²) in [7, 11) is 1.53. The van der Waals surface area contributed by atoms with E-state index in [2.05, 4.69) is 5.32 Å². The molecular weight excluding hydrogens is 278 g/mol. The smallest absolute Gasteiger partial charge is 0.257 e. The number of hydrogen-bond acceptors (Lipinski definition) is 4. The lowest BCUT2D eigenvalue weighted by Crippen LogP contribution is -2.14. The standard InChI is InChI=1S/C14H14ClN3O2/c1-20-9-3-5-11(15)13(7-9)18-14(19)10-4-2-8(16)6-12(10)17/h2-7H,16-17H2,1H3,(H,18,19). The van der Waals surface area contributed by atoms with Crippen LogP contribution in [0.4, 0.5) is 17.1 Å². The van der Waals surface area contributed by atoms with Crippen molar-refractivity contribution in [3.63, 3.8) is 0 Å². The Balaban J connectivity index is 2.27. The summed E-state index contributed by atoms with van der Waals surface area (Å²) in [5.41, 5.74) is 13.0. The van der Waals surface area contributed by atoms with Crippen molar-refractivity contribution in [1.29, 1.82) is 0 Å². The zero-order chi connectivity index (χ0) is 14.7. The van der Waals surface area contributed by atoms with Crippen LogP contribution in [0.25, 0.3) is 0 Å². The van der Waals surface area contributed by atoms with Crippen LogP contribution in [0.3, 0.4) is 0 Å². The van der Waals surface area contributed by atoms with Crippen LogP contribution in [0.5, 0.6) is 5.75 Å². The maximum Gasteiger partial charge on any atom is 0.257 e. The Morgan fingerprint density at radius 2 is 1.95 bits per heavy atom. The van der Waals surface area contributed by atoms with Crippen LogP contribution in [0.15, 0.2) is 36.4 Å². The zero-order valence-corrected chi connectivity index (χ0v) is 11.6. The van der Waals surface area contributed by atoms with Crippen LogP contribution in [-0.2, 0) is 0 Å². The SMILES string of the molecule is COc1ccc(Cl)c(NC(=O)c2ccc(N)cc2N)c1. The van der Waals surface area contributed by atoms with Crippen molar-refractivity contribution in [2.45, 2.75) is 0 Å². The second kappa shape index (κ2) is 5.71. The number of amides is 1. The Morgan fingerprint density at radius 1 is 1.20 bits per heavy atom. The average molecular weight is 292 g/mol. The summed E-state index contributed by atoms with van der Waals surface area (Å²) in [6.07, 6.45) is 0. The van der Waals surface area contributed by atoms with E-state index < -0.39 is 0 Å². The van der Waals surface area contributed by atoms with Crippen molar-refractivity contribution in [2.75, 3.05) is 23.9 Å². The number of nitrogen functional groups attached to an aromatic ring is 2. The lowest BCUT2D eigenvalue weighted by Gasteiger charge is -2.10. The van der Waals surface area contributed by atoms with E-state index in [0.717, 1.165) is 0 Å². The van der Waals surface area contributed by atoms with Gasteiger partial charge in [-0.1, -0.05) is 11.6 Å². The van der Waals surface area contributed by atoms with E-state index in [9.17, 15) is 4.79 Å². The van der Waals surface area contributed by atoms with E-state index in [-0.39, 0.29) is 5.91 Å². The fraction of sp³-hybridized carbons (Fsp3) is 0.0714. The van der Waals surface area contributed by atoms with E-state index in [4.69, 9.17) is 27.8 Å². The highest BCUT2D eigenvalue weighted by Crippen LogP contribution is 2.27. The van der Waals surface area contributed by atoms with E-state index in [1.165, 1.54) is 13.2 Å². The highest BCUT2D eigenvalue weighted by Gasteiger charge is 2.12. The van der Waals surface area contributed by atoms with E-state index in [1.807, 2.05) is 0 Å². The van der Waals surface area contributed by atoms with Gasteiger partial charge in [-0.05, 0) is 30.3 Å². The third kappa shape index (κ3) is 2.95. The first-order chi connectivity index (χ1) is 9.51. The van der Waals surface area contributed by atoms with Gasteiger partial charge in [-0.2, -0.15) is 0 Å². The fourth-order valence-corrected chi connectivity index (χ4v) is 1.87. The third-order valence-electron chi connectivity index (χ3n) is 2.74. The summed E-state index contributed by atoms with van der Waals surface area (Å²) in [5.74, 6) is 0.229. The molecule has 0 saturated heterocycles. The molecule has 0 radical (unpaired) electrons. The van der Waals surface area contributed by atoms with Crippen molar-refractivity contribution in [3.8, 4) is 5.75 Å². The number of carbonyl (C=O) groups excluding carboxylic acids is 1. The molecule has 0 bridgehead atoms. The fourth-order valence-electron chi connectivity index (χ4n) is 1.70. The molecule has 5 N–H and O–H groups in total. The van der Waals surface area contributed by atoms with Crippen LogP contribution in [-0.4, -0.2) is 13.0 Å². The van der Waals surface area contributed by atoms with Gasteiger partial charge in [-0.3, -0.25) is 4.79 Å². The lowest BCUT2D eigenvalue weighted by atomic mass is 10.1. The summed E-state index contributed by atoms with van der Waals surface area (Å²) in [6.45, 7) is 0. The van der Waals surface area contributed by atoms with Crippen LogP contribution in [0.2, 0.25) is 5.02 Å².